The van der Waals surface area contributed by atoms with E-state index in [1.165, 1.54) is 22.8 Å². The Balaban J connectivity index is 1.64. The maximum Gasteiger partial charge on any atom is 0.0509 e. The molecule has 0 aromatic heterocycles. The first-order chi connectivity index (χ1) is 9.33. The normalized spacial score (nSPS) is 20.8. The van der Waals surface area contributed by atoms with Crippen LogP contribution < -0.4 is 5.32 Å². The van der Waals surface area contributed by atoms with Crippen molar-refractivity contribution in [2.24, 2.45) is 5.92 Å². The first kappa shape index (κ1) is 12.6. The molecule has 0 saturated carbocycles. The summed E-state index contributed by atoms with van der Waals surface area (Å²) in [6.45, 7) is 5.03. The Morgan fingerprint density at radius 2 is 2.05 bits per heavy atom. The second-order valence-corrected chi connectivity index (χ2v) is 5.47. The van der Waals surface area contributed by atoms with Gasteiger partial charge in [0, 0.05) is 19.2 Å². The van der Waals surface area contributed by atoms with Crippen molar-refractivity contribution in [1.82, 2.24) is 5.32 Å². The summed E-state index contributed by atoms with van der Waals surface area (Å²) in [5.74, 6) is 0.667. The number of hydrogen-bond acceptors (Lipinski definition) is 2. The maximum absolute atomic E-state index is 5.45. The third-order valence-electron chi connectivity index (χ3n) is 4.11. The zero-order valence-corrected chi connectivity index (χ0v) is 11.4. The standard InChI is InChI=1S/C17H21NO/c1-13(17-8-9-19-12-17)18-11-14-6-7-15-4-2-3-5-16(15)10-14/h2-7,10,13,17-18H,8-9,11-12H2,1H3. The molecule has 0 spiro atoms. The lowest BCUT2D eigenvalue weighted by Gasteiger charge is -2.19. The van der Waals surface area contributed by atoms with E-state index in [2.05, 4.69) is 54.7 Å². The van der Waals surface area contributed by atoms with Crippen molar-refractivity contribution in [3.8, 4) is 0 Å². The Labute approximate surface area is 114 Å². The third-order valence-corrected chi connectivity index (χ3v) is 4.11. The fraction of sp³-hybridized carbons (Fsp3) is 0.412. The van der Waals surface area contributed by atoms with Gasteiger partial charge in [0.1, 0.15) is 0 Å². The zero-order chi connectivity index (χ0) is 13.1. The Hall–Kier alpha value is -1.38. The Kier molecular flexibility index (Phi) is 3.81. The maximum atomic E-state index is 5.45. The Morgan fingerprint density at radius 1 is 1.21 bits per heavy atom. The van der Waals surface area contributed by atoms with E-state index in [0.29, 0.717) is 12.0 Å². The molecular weight excluding hydrogens is 234 g/mol. The van der Waals surface area contributed by atoms with E-state index in [1.807, 2.05) is 0 Å². The lowest BCUT2D eigenvalue weighted by molar-refractivity contribution is 0.178. The first-order valence-electron chi connectivity index (χ1n) is 7.12. The van der Waals surface area contributed by atoms with Gasteiger partial charge in [0.25, 0.3) is 0 Å². The average Bonchev–Trinajstić information content (AvgIpc) is 2.99. The third kappa shape index (κ3) is 2.96. The fourth-order valence-electron chi connectivity index (χ4n) is 2.74. The summed E-state index contributed by atoms with van der Waals surface area (Å²) in [4.78, 5) is 0. The molecule has 1 aliphatic rings. The van der Waals surface area contributed by atoms with Gasteiger partial charge in [0.05, 0.1) is 6.61 Å². The van der Waals surface area contributed by atoms with Crippen LogP contribution in [0, 0.1) is 5.92 Å². The summed E-state index contributed by atoms with van der Waals surface area (Å²) in [6, 6.07) is 15.7. The highest BCUT2D eigenvalue weighted by atomic mass is 16.5. The predicted octanol–water partition coefficient (Wildman–Crippen LogP) is 3.35. The first-order valence-corrected chi connectivity index (χ1v) is 7.12. The van der Waals surface area contributed by atoms with Crippen molar-refractivity contribution in [2.45, 2.75) is 25.9 Å². The van der Waals surface area contributed by atoms with Gasteiger partial charge >= 0.3 is 0 Å². The molecule has 100 valence electrons. The lowest BCUT2D eigenvalue weighted by atomic mass is 10.0. The monoisotopic (exact) mass is 255 g/mol. The molecule has 1 N–H and O–H groups in total. The molecule has 2 nitrogen and oxygen atoms in total. The summed E-state index contributed by atoms with van der Waals surface area (Å²) in [6.07, 6.45) is 1.19. The summed E-state index contributed by atoms with van der Waals surface area (Å²) < 4.78 is 5.45. The Morgan fingerprint density at radius 3 is 2.84 bits per heavy atom. The van der Waals surface area contributed by atoms with Crippen molar-refractivity contribution in [1.29, 1.82) is 0 Å². The number of hydrogen-bond donors (Lipinski definition) is 1. The van der Waals surface area contributed by atoms with Gasteiger partial charge in [-0.3, -0.25) is 0 Å². The minimum Gasteiger partial charge on any atom is -0.381 e. The number of benzene rings is 2. The molecule has 0 amide bonds. The van der Waals surface area contributed by atoms with Crippen molar-refractivity contribution < 1.29 is 4.74 Å². The lowest BCUT2D eigenvalue weighted by Crippen LogP contribution is -2.33. The molecule has 1 aliphatic heterocycles. The van der Waals surface area contributed by atoms with Crippen LogP contribution in [0.15, 0.2) is 42.5 Å². The van der Waals surface area contributed by atoms with Crippen molar-refractivity contribution >= 4 is 10.8 Å². The van der Waals surface area contributed by atoms with Crippen LogP contribution in [0.3, 0.4) is 0 Å². The molecule has 2 heteroatoms. The summed E-state index contributed by atoms with van der Waals surface area (Å²) >= 11 is 0. The van der Waals surface area contributed by atoms with Gasteiger partial charge in [-0.1, -0.05) is 36.4 Å². The smallest absolute Gasteiger partial charge is 0.0509 e. The quantitative estimate of drug-likeness (QED) is 0.904. The molecule has 0 radical (unpaired) electrons. The van der Waals surface area contributed by atoms with Gasteiger partial charge < -0.3 is 10.1 Å². The molecule has 2 unspecified atom stereocenters. The van der Waals surface area contributed by atoms with E-state index >= 15 is 0 Å². The molecule has 2 aromatic rings. The highest BCUT2D eigenvalue weighted by molar-refractivity contribution is 5.82. The predicted molar refractivity (Wildman–Crippen MR) is 79.2 cm³/mol. The number of rotatable bonds is 4. The van der Waals surface area contributed by atoms with Crippen LogP contribution in [0.1, 0.15) is 18.9 Å². The highest BCUT2D eigenvalue weighted by Gasteiger charge is 2.21. The molecule has 1 fully saturated rings. The van der Waals surface area contributed by atoms with Gasteiger partial charge in [-0.25, -0.2) is 0 Å². The fourth-order valence-corrected chi connectivity index (χ4v) is 2.74. The molecule has 0 aliphatic carbocycles. The molecular formula is C17H21NO. The van der Waals surface area contributed by atoms with Crippen LogP contribution in [0.5, 0.6) is 0 Å². The van der Waals surface area contributed by atoms with Gasteiger partial charge in [0.15, 0.2) is 0 Å². The van der Waals surface area contributed by atoms with E-state index in [9.17, 15) is 0 Å². The van der Waals surface area contributed by atoms with Crippen LogP contribution in [-0.4, -0.2) is 19.3 Å². The van der Waals surface area contributed by atoms with Crippen LogP contribution in [0.2, 0.25) is 0 Å². The topological polar surface area (TPSA) is 21.3 Å². The molecule has 1 saturated heterocycles. The Bertz CT molecular complexity index is 546. The van der Waals surface area contributed by atoms with Crippen LogP contribution in [0.4, 0.5) is 0 Å². The van der Waals surface area contributed by atoms with Crippen LogP contribution in [-0.2, 0) is 11.3 Å². The van der Waals surface area contributed by atoms with Gasteiger partial charge in [-0.15, -0.1) is 0 Å². The van der Waals surface area contributed by atoms with E-state index in [4.69, 9.17) is 4.74 Å². The van der Waals surface area contributed by atoms with E-state index in [-0.39, 0.29) is 0 Å². The number of nitrogens with one attached hydrogen (secondary N) is 1. The van der Waals surface area contributed by atoms with E-state index < -0.39 is 0 Å². The largest absolute Gasteiger partial charge is 0.381 e. The molecule has 2 aromatic carbocycles. The molecule has 1 heterocycles. The van der Waals surface area contributed by atoms with Crippen LogP contribution in [0.25, 0.3) is 10.8 Å². The average molecular weight is 255 g/mol. The minimum absolute atomic E-state index is 0.522. The second-order valence-electron chi connectivity index (χ2n) is 5.47. The summed E-state index contributed by atoms with van der Waals surface area (Å²) in [5, 5.41) is 6.25. The van der Waals surface area contributed by atoms with Crippen molar-refractivity contribution in [2.75, 3.05) is 13.2 Å². The van der Waals surface area contributed by atoms with E-state index in [0.717, 1.165) is 19.8 Å². The van der Waals surface area contributed by atoms with Crippen molar-refractivity contribution in [3.63, 3.8) is 0 Å². The summed E-state index contributed by atoms with van der Waals surface area (Å²) in [5.41, 5.74) is 1.35. The highest BCUT2D eigenvalue weighted by Crippen LogP contribution is 2.18. The van der Waals surface area contributed by atoms with E-state index in [1.54, 1.807) is 0 Å². The molecule has 2 atom stereocenters. The minimum atomic E-state index is 0.522. The van der Waals surface area contributed by atoms with Gasteiger partial charge in [-0.2, -0.15) is 0 Å². The number of ether oxygens (including phenoxy) is 1. The molecule has 0 bridgehead atoms. The molecule has 19 heavy (non-hydrogen) atoms. The van der Waals surface area contributed by atoms with Gasteiger partial charge in [0.2, 0.25) is 0 Å². The summed E-state index contributed by atoms with van der Waals surface area (Å²) in [7, 11) is 0. The zero-order valence-electron chi connectivity index (χ0n) is 11.4. The SMILES string of the molecule is CC(NCc1ccc2ccccc2c1)C1CCOC1. The number of fused-ring (bicyclic) bond motifs is 1. The van der Waals surface area contributed by atoms with Gasteiger partial charge in [-0.05, 0) is 41.7 Å². The van der Waals surface area contributed by atoms with Crippen molar-refractivity contribution in [3.05, 3.63) is 48.0 Å². The second kappa shape index (κ2) is 5.72. The molecule has 3 rings (SSSR count). The van der Waals surface area contributed by atoms with Crippen LogP contribution >= 0.6 is 0 Å².